The predicted octanol–water partition coefficient (Wildman–Crippen LogP) is 1.50. The van der Waals surface area contributed by atoms with Gasteiger partial charge in [0.15, 0.2) is 23.1 Å². The minimum Gasteiger partial charge on any atom is -0.494 e. The van der Waals surface area contributed by atoms with Crippen molar-refractivity contribution in [3.8, 4) is 16.9 Å². The highest BCUT2D eigenvalue weighted by Crippen LogP contribution is 2.30. The number of nitrogen functional groups attached to an aromatic ring is 1. The van der Waals surface area contributed by atoms with E-state index < -0.39 is 11.8 Å². The molecule has 0 unspecified atom stereocenters. The number of carboxylic acid groups (broad SMARTS) is 1. The lowest BCUT2D eigenvalue weighted by molar-refractivity contribution is 0.0691. The molecule has 2 aromatic rings. The van der Waals surface area contributed by atoms with Crippen molar-refractivity contribution in [2.45, 2.75) is 0 Å². The lowest BCUT2D eigenvalue weighted by Gasteiger charge is -2.05. The average Bonchev–Trinajstić information content (AvgIpc) is 2.71. The molecule has 0 atom stereocenters. The summed E-state index contributed by atoms with van der Waals surface area (Å²) in [6.07, 6.45) is 0. The Morgan fingerprint density at radius 3 is 2.83 bits per heavy atom. The van der Waals surface area contributed by atoms with Gasteiger partial charge in [-0.1, -0.05) is 6.07 Å². The van der Waals surface area contributed by atoms with Gasteiger partial charge in [-0.15, -0.1) is 0 Å². The summed E-state index contributed by atoms with van der Waals surface area (Å²) in [7, 11) is 1.34. The number of carboxylic acids is 1. The molecule has 7 heteroatoms. The summed E-state index contributed by atoms with van der Waals surface area (Å²) in [6.45, 7) is 0. The number of nitrogens with zero attached hydrogens (tertiary/aromatic N) is 1. The molecule has 0 amide bonds. The Balaban J connectivity index is 2.58. The minimum atomic E-state index is -1.22. The fourth-order valence-electron chi connectivity index (χ4n) is 1.62. The third-order valence-electron chi connectivity index (χ3n) is 2.45. The van der Waals surface area contributed by atoms with Crippen LogP contribution in [0.15, 0.2) is 18.2 Å². The summed E-state index contributed by atoms with van der Waals surface area (Å²) in [5, 5.41) is 14.9. The number of H-pyrrole nitrogens is 1. The number of rotatable bonds is 3. The highest BCUT2D eigenvalue weighted by atomic mass is 19.1. The number of aromatic carboxylic acids is 1. The molecule has 4 N–H and O–H groups in total. The van der Waals surface area contributed by atoms with Gasteiger partial charge < -0.3 is 15.6 Å². The summed E-state index contributed by atoms with van der Waals surface area (Å²) in [4.78, 5) is 11.0. The number of benzene rings is 1. The summed E-state index contributed by atoms with van der Waals surface area (Å²) in [5.74, 6) is -1.76. The van der Waals surface area contributed by atoms with Crippen molar-refractivity contribution in [3.05, 3.63) is 29.7 Å². The third kappa shape index (κ3) is 1.86. The molecule has 6 nitrogen and oxygen atoms in total. The Morgan fingerprint density at radius 1 is 1.56 bits per heavy atom. The molecule has 0 spiro atoms. The van der Waals surface area contributed by atoms with Crippen LogP contribution in [0.3, 0.4) is 0 Å². The second kappa shape index (κ2) is 4.36. The third-order valence-corrected chi connectivity index (χ3v) is 2.45. The van der Waals surface area contributed by atoms with Crippen molar-refractivity contribution in [1.82, 2.24) is 10.2 Å². The Morgan fingerprint density at radius 2 is 2.28 bits per heavy atom. The Bertz CT molecular complexity index is 610. The van der Waals surface area contributed by atoms with Crippen LogP contribution in [0.25, 0.3) is 11.1 Å². The number of aromatic amines is 1. The van der Waals surface area contributed by atoms with Crippen LogP contribution < -0.4 is 10.5 Å². The van der Waals surface area contributed by atoms with E-state index in [4.69, 9.17) is 15.6 Å². The SMILES string of the molecule is COc1ccc(-c2c(N)n[nH]c2C(=O)O)cc1F. The van der Waals surface area contributed by atoms with Crippen LogP contribution in [0, 0.1) is 5.82 Å². The van der Waals surface area contributed by atoms with Crippen molar-refractivity contribution in [2.24, 2.45) is 0 Å². The maximum atomic E-state index is 13.6. The summed E-state index contributed by atoms with van der Waals surface area (Å²) < 4.78 is 18.3. The maximum Gasteiger partial charge on any atom is 0.354 e. The summed E-state index contributed by atoms with van der Waals surface area (Å²) >= 11 is 0. The second-order valence-corrected chi connectivity index (χ2v) is 3.51. The first-order valence-electron chi connectivity index (χ1n) is 4.95. The number of aromatic nitrogens is 2. The molecule has 1 aromatic heterocycles. The Labute approximate surface area is 101 Å². The van der Waals surface area contributed by atoms with Crippen LogP contribution in [0.5, 0.6) is 5.75 Å². The molecule has 94 valence electrons. The van der Waals surface area contributed by atoms with E-state index in [1.165, 1.54) is 19.2 Å². The van der Waals surface area contributed by atoms with E-state index in [0.29, 0.717) is 5.56 Å². The van der Waals surface area contributed by atoms with Gasteiger partial charge in [0.1, 0.15) is 0 Å². The molecule has 1 aromatic carbocycles. The van der Waals surface area contributed by atoms with E-state index in [1.54, 1.807) is 0 Å². The van der Waals surface area contributed by atoms with E-state index in [9.17, 15) is 9.18 Å². The monoisotopic (exact) mass is 251 g/mol. The minimum absolute atomic E-state index is 0.00281. The van der Waals surface area contributed by atoms with E-state index in [0.717, 1.165) is 6.07 Å². The van der Waals surface area contributed by atoms with Gasteiger partial charge in [-0.25, -0.2) is 9.18 Å². The maximum absolute atomic E-state index is 13.6. The molecule has 0 aliphatic rings. The number of nitrogens with two attached hydrogens (primary N) is 1. The molecular weight excluding hydrogens is 241 g/mol. The number of anilines is 1. The summed E-state index contributed by atoms with van der Waals surface area (Å²) in [6, 6.07) is 4.05. The molecule has 0 radical (unpaired) electrons. The Kier molecular flexibility index (Phi) is 2.88. The number of hydrogen-bond acceptors (Lipinski definition) is 4. The molecule has 1 heterocycles. The Hall–Kier alpha value is -2.57. The molecular formula is C11H10FN3O3. The van der Waals surface area contributed by atoms with Crippen LogP contribution in [0.2, 0.25) is 0 Å². The van der Waals surface area contributed by atoms with Crippen molar-refractivity contribution >= 4 is 11.8 Å². The van der Waals surface area contributed by atoms with Crippen molar-refractivity contribution in [1.29, 1.82) is 0 Å². The molecule has 0 fully saturated rings. The fraction of sp³-hybridized carbons (Fsp3) is 0.0909. The van der Waals surface area contributed by atoms with E-state index in [1.807, 2.05) is 0 Å². The predicted molar refractivity (Wildman–Crippen MR) is 61.9 cm³/mol. The second-order valence-electron chi connectivity index (χ2n) is 3.51. The van der Waals surface area contributed by atoms with Gasteiger partial charge in [-0.2, -0.15) is 5.10 Å². The highest BCUT2D eigenvalue weighted by molar-refractivity contribution is 5.97. The molecule has 18 heavy (non-hydrogen) atoms. The molecule has 0 aliphatic heterocycles. The first-order valence-corrected chi connectivity index (χ1v) is 4.95. The van der Waals surface area contributed by atoms with Crippen molar-refractivity contribution < 1.29 is 19.0 Å². The van der Waals surface area contributed by atoms with Crippen molar-refractivity contribution in [3.63, 3.8) is 0 Å². The molecule has 2 rings (SSSR count). The number of nitrogens with one attached hydrogen (secondary N) is 1. The van der Waals surface area contributed by atoms with Gasteiger partial charge in [0.2, 0.25) is 0 Å². The molecule has 0 saturated carbocycles. The van der Waals surface area contributed by atoms with Gasteiger partial charge >= 0.3 is 5.97 Å². The number of ether oxygens (including phenoxy) is 1. The lowest BCUT2D eigenvalue weighted by atomic mass is 10.0. The van der Waals surface area contributed by atoms with Gasteiger partial charge in [-0.05, 0) is 17.7 Å². The zero-order valence-corrected chi connectivity index (χ0v) is 9.40. The highest BCUT2D eigenvalue weighted by Gasteiger charge is 2.19. The van der Waals surface area contributed by atoms with Crippen molar-refractivity contribution in [2.75, 3.05) is 12.8 Å². The molecule has 0 aliphatic carbocycles. The van der Waals surface area contributed by atoms with Gasteiger partial charge in [-0.3, -0.25) is 5.10 Å². The zero-order chi connectivity index (χ0) is 13.3. The number of halogens is 1. The van der Waals surface area contributed by atoms with Crippen LogP contribution >= 0.6 is 0 Å². The van der Waals surface area contributed by atoms with Crippen LogP contribution in [0.4, 0.5) is 10.2 Å². The number of hydrogen-bond donors (Lipinski definition) is 3. The van der Waals surface area contributed by atoms with Crippen LogP contribution in [-0.4, -0.2) is 28.4 Å². The normalized spacial score (nSPS) is 10.3. The molecule has 0 saturated heterocycles. The van der Waals surface area contributed by atoms with Gasteiger partial charge in [0.05, 0.1) is 12.7 Å². The average molecular weight is 251 g/mol. The van der Waals surface area contributed by atoms with E-state index in [2.05, 4.69) is 10.2 Å². The number of methoxy groups -OCH3 is 1. The zero-order valence-electron chi connectivity index (χ0n) is 9.40. The largest absolute Gasteiger partial charge is 0.494 e. The quantitative estimate of drug-likeness (QED) is 0.767. The van der Waals surface area contributed by atoms with E-state index >= 15 is 0 Å². The number of carbonyl (C=O) groups is 1. The standard InChI is InChI=1S/C11H10FN3O3/c1-18-7-3-2-5(4-6(7)12)8-9(11(16)17)14-15-10(8)13/h2-4H,1H3,(H,16,17)(H3,13,14,15). The van der Waals surface area contributed by atoms with Crippen LogP contribution in [0.1, 0.15) is 10.5 Å². The van der Waals surface area contributed by atoms with Crippen LogP contribution in [-0.2, 0) is 0 Å². The topological polar surface area (TPSA) is 101 Å². The first-order chi connectivity index (χ1) is 8.54. The lowest BCUT2D eigenvalue weighted by Crippen LogP contribution is -2.00. The van der Waals surface area contributed by atoms with Gasteiger partial charge in [0.25, 0.3) is 0 Å². The fourth-order valence-corrected chi connectivity index (χ4v) is 1.62. The first kappa shape index (κ1) is 11.9. The van der Waals surface area contributed by atoms with Gasteiger partial charge in [0, 0.05) is 0 Å². The summed E-state index contributed by atoms with van der Waals surface area (Å²) in [5.41, 5.74) is 5.86. The van der Waals surface area contributed by atoms with E-state index in [-0.39, 0.29) is 22.8 Å². The smallest absolute Gasteiger partial charge is 0.354 e. The molecule has 0 bridgehead atoms.